The van der Waals surface area contributed by atoms with Gasteiger partial charge in [0.05, 0.1) is 11.2 Å². The van der Waals surface area contributed by atoms with Gasteiger partial charge in [0.15, 0.2) is 0 Å². The zero-order valence-electron chi connectivity index (χ0n) is 14.7. The van der Waals surface area contributed by atoms with Crippen molar-refractivity contribution in [2.24, 2.45) is 0 Å². The second-order valence-corrected chi connectivity index (χ2v) is 11.0. The second-order valence-electron chi connectivity index (χ2n) is 8.36. The molecule has 0 spiro atoms. The van der Waals surface area contributed by atoms with Gasteiger partial charge in [0.1, 0.15) is 0 Å². The van der Waals surface area contributed by atoms with Crippen LogP contribution in [0.15, 0.2) is 0 Å². The highest BCUT2D eigenvalue weighted by molar-refractivity contribution is 8.00. The van der Waals surface area contributed by atoms with Gasteiger partial charge in [-0.25, -0.2) is 0 Å². The van der Waals surface area contributed by atoms with E-state index in [2.05, 4.69) is 23.5 Å². The topological polar surface area (TPSA) is 9.23 Å². The minimum Gasteiger partial charge on any atom is -0.366 e. The van der Waals surface area contributed by atoms with Gasteiger partial charge < -0.3 is 4.74 Å². The molecule has 0 N–H and O–H groups in total. The molecule has 3 heteroatoms. The summed E-state index contributed by atoms with van der Waals surface area (Å²) in [5.41, 5.74) is 0.472. The number of hydrogen-bond donors (Lipinski definition) is 0. The average molecular weight is 355 g/mol. The van der Waals surface area contributed by atoms with E-state index < -0.39 is 0 Å². The highest BCUT2D eigenvalue weighted by atomic mass is 32.2. The van der Waals surface area contributed by atoms with Crippen LogP contribution in [0.25, 0.3) is 0 Å². The lowest BCUT2D eigenvalue weighted by atomic mass is 9.76. The molecule has 2 unspecified atom stereocenters. The Bertz CT molecular complexity index is 337. The molecule has 2 saturated carbocycles. The summed E-state index contributed by atoms with van der Waals surface area (Å²) < 4.78 is 7.43. The maximum absolute atomic E-state index is 7.43. The first-order chi connectivity index (χ1) is 11.3. The van der Waals surface area contributed by atoms with E-state index in [9.17, 15) is 0 Å². The molecule has 2 aliphatic heterocycles. The molecular weight excluding hydrogens is 320 g/mol. The number of thioether (sulfide) groups is 2. The van der Waals surface area contributed by atoms with E-state index in [1.807, 2.05) is 0 Å². The largest absolute Gasteiger partial charge is 0.366 e. The Hall–Kier alpha value is 0.660. The number of ether oxygens (including phenoxy) is 1. The van der Waals surface area contributed by atoms with E-state index in [4.69, 9.17) is 4.74 Å². The molecule has 0 bridgehead atoms. The molecular formula is C20H34OS2. The van der Waals surface area contributed by atoms with Gasteiger partial charge in [0, 0.05) is 10.5 Å². The molecule has 0 aromatic heterocycles. The summed E-state index contributed by atoms with van der Waals surface area (Å²) in [6.07, 6.45) is 19.6. The lowest BCUT2D eigenvalue weighted by Crippen LogP contribution is -2.55. The lowest BCUT2D eigenvalue weighted by molar-refractivity contribution is -0.185. The molecule has 2 atom stereocenters. The standard InChI is InChI=1S/C20H34OS2/c1-3-11-19(12-4-1,17-9-7-15-22-17)21-20(13-5-2-6-14-20)18-10-8-16-23-18/h17-18H,1-16H2. The predicted molar refractivity (Wildman–Crippen MR) is 104 cm³/mol. The first-order valence-corrected chi connectivity index (χ1v) is 12.4. The van der Waals surface area contributed by atoms with Crippen molar-refractivity contribution in [1.82, 2.24) is 0 Å². The van der Waals surface area contributed by atoms with Crippen LogP contribution in [0, 0.1) is 0 Å². The van der Waals surface area contributed by atoms with Crippen LogP contribution >= 0.6 is 23.5 Å². The summed E-state index contributed by atoms with van der Waals surface area (Å²) in [5, 5.41) is 1.60. The van der Waals surface area contributed by atoms with Crippen molar-refractivity contribution in [1.29, 1.82) is 0 Å². The van der Waals surface area contributed by atoms with Crippen LogP contribution in [-0.2, 0) is 4.74 Å². The van der Waals surface area contributed by atoms with E-state index in [1.54, 1.807) is 0 Å². The van der Waals surface area contributed by atoms with Gasteiger partial charge in [-0.05, 0) is 62.9 Å². The van der Waals surface area contributed by atoms with Gasteiger partial charge in [-0.15, -0.1) is 0 Å². The van der Waals surface area contributed by atoms with Gasteiger partial charge in [-0.2, -0.15) is 23.5 Å². The van der Waals surface area contributed by atoms with Gasteiger partial charge >= 0.3 is 0 Å². The zero-order chi connectivity index (χ0) is 15.6. The minimum absolute atomic E-state index is 0.236. The van der Waals surface area contributed by atoms with Crippen LogP contribution in [0.3, 0.4) is 0 Å². The van der Waals surface area contributed by atoms with E-state index >= 15 is 0 Å². The summed E-state index contributed by atoms with van der Waals surface area (Å²) >= 11 is 4.49. The van der Waals surface area contributed by atoms with Crippen molar-refractivity contribution in [2.75, 3.05) is 11.5 Å². The van der Waals surface area contributed by atoms with Crippen LogP contribution in [0.5, 0.6) is 0 Å². The number of hydrogen-bond acceptors (Lipinski definition) is 3. The van der Waals surface area contributed by atoms with Crippen LogP contribution in [0.2, 0.25) is 0 Å². The predicted octanol–water partition coefficient (Wildman–Crippen LogP) is 6.20. The molecule has 2 aliphatic carbocycles. The Morgan fingerprint density at radius 2 is 1.00 bits per heavy atom. The normalized spacial score (nSPS) is 37.0. The molecule has 23 heavy (non-hydrogen) atoms. The highest BCUT2D eigenvalue weighted by Crippen LogP contribution is 2.52. The van der Waals surface area contributed by atoms with Crippen LogP contribution in [0.1, 0.15) is 89.9 Å². The molecule has 0 radical (unpaired) electrons. The molecule has 132 valence electrons. The molecule has 0 amide bonds. The number of rotatable bonds is 4. The van der Waals surface area contributed by atoms with E-state index in [0.29, 0.717) is 0 Å². The fourth-order valence-electron chi connectivity index (χ4n) is 5.67. The summed E-state index contributed by atoms with van der Waals surface area (Å²) in [5.74, 6) is 2.75. The summed E-state index contributed by atoms with van der Waals surface area (Å²) in [6, 6.07) is 0. The Morgan fingerprint density at radius 1 is 0.565 bits per heavy atom. The molecule has 0 aromatic rings. The highest BCUT2D eigenvalue weighted by Gasteiger charge is 2.51. The van der Waals surface area contributed by atoms with Crippen molar-refractivity contribution in [3.8, 4) is 0 Å². The van der Waals surface area contributed by atoms with Gasteiger partial charge in [-0.3, -0.25) is 0 Å². The average Bonchev–Trinajstić information content (AvgIpc) is 3.31. The lowest BCUT2D eigenvalue weighted by Gasteiger charge is -2.52. The monoisotopic (exact) mass is 354 g/mol. The third kappa shape index (κ3) is 3.49. The fourth-order valence-corrected chi connectivity index (χ4v) is 8.75. The molecule has 0 aromatic carbocycles. The molecule has 4 rings (SSSR count). The van der Waals surface area contributed by atoms with Crippen molar-refractivity contribution in [3.63, 3.8) is 0 Å². The molecule has 4 fully saturated rings. The molecule has 2 saturated heterocycles. The molecule has 2 heterocycles. The Morgan fingerprint density at radius 3 is 1.35 bits per heavy atom. The minimum atomic E-state index is 0.236. The zero-order valence-corrected chi connectivity index (χ0v) is 16.3. The van der Waals surface area contributed by atoms with Crippen molar-refractivity contribution < 1.29 is 4.74 Å². The Kier molecular flexibility index (Phi) is 5.57. The van der Waals surface area contributed by atoms with Crippen LogP contribution < -0.4 is 0 Å². The third-order valence-electron chi connectivity index (χ3n) is 6.84. The van der Waals surface area contributed by atoms with Gasteiger partial charge in [0.25, 0.3) is 0 Å². The van der Waals surface area contributed by atoms with Crippen molar-refractivity contribution >= 4 is 23.5 Å². The van der Waals surface area contributed by atoms with Gasteiger partial charge in [0.2, 0.25) is 0 Å². The van der Waals surface area contributed by atoms with Crippen LogP contribution in [-0.4, -0.2) is 33.2 Å². The maximum Gasteiger partial charge on any atom is 0.0808 e. The molecule has 4 aliphatic rings. The van der Waals surface area contributed by atoms with E-state index in [1.165, 1.54) is 101 Å². The van der Waals surface area contributed by atoms with Crippen LogP contribution in [0.4, 0.5) is 0 Å². The summed E-state index contributed by atoms with van der Waals surface area (Å²) in [4.78, 5) is 0. The quantitative estimate of drug-likeness (QED) is 0.595. The van der Waals surface area contributed by atoms with Gasteiger partial charge in [-0.1, -0.05) is 38.5 Å². The van der Waals surface area contributed by atoms with Crippen molar-refractivity contribution in [2.45, 2.75) is 112 Å². The molecule has 1 nitrogen and oxygen atoms in total. The summed E-state index contributed by atoms with van der Waals surface area (Å²) in [6.45, 7) is 0. The summed E-state index contributed by atoms with van der Waals surface area (Å²) in [7, 11) is 0. The fraction of sp³-hybridized carbons (Fsp3) is 1.00. The van der Waals surface area contributed by atoms with Crippen molar-refractivity contribution in [3.05, 3.63) is 0 Å². The SMILES string of the molecule is C1CCC(OC2(C3CCCS3)CCCCC2)(C2CCCS2)CC1. The smallest absolute Gasteiger partial charge is 0.0808 e. The van der Waals surface area contributed by atoms with E-state index in [-0.39, 0.29) is 11.2 Å². The maximum atomic E-state index is 7.43. The Labute approximate surface area is 151 Å². The first kappa shape index (κ1) is 17.1. The first-order valence-electron chi connectivity index (χ1n) is 10.3. The van der Waals surface area contributed by atoms with E-state index in [0.717, 1.165) is 10.5 Å². The Balaban J connectivity index is 1.59. The second kappa shape index (κ2) is 7.50. The third-order valence-corrected chi connectivity index (χ3v) is 10.0.